The number of nitrogens with one attached hydrogen (secondary N) is 1. The maximum atomic E-state index is 13.8. The molecule has 0 saturated carbocycles. The van der Waals surface area contributed by atoms with Crippen molar-refractivity contribution in [1.82, 2.24) is 9.88 Å². The third-order valence-electron chi connectivity index (χ3n) is 5.13. The van der Waals surface area contributed by atoms with Gasteiger partial charge in [-0.3, -0.25) is 15.0 Å². The van der Waals surface area contributed by atoms with Crippen molar-refractivity contribution >= 4 is 32.6 Å². The Hall–Kier alpha value is -2.38. The number of piperidine rings is 1. The zero-order chi connectivity index (χ0) is 19.7. The number of likely N-dealkylation sites (tertiary alicyclic amines) is 1. The third kappa shape index (κ3) is 4.20. The van der Waals surface area contributed by atoms with E-state index in [1.807, 2.05) is 6.07 Å². The molecule has 0 unspecified atom stereocenters. The predicted molar refractivity (Wildman–Crippen MR) is 108 cm³/mol. The number of fused-ring (bicyclic) bond motifs is 1. The topological polar surface area (TPSA) is 45.2 Å². The quantitative estimate of drug-likeness (QED) is 0.665. The summed E-state index contributed by atoms with van der Waals surface area (Å²) in [5.74, 6) is -1.33. The molecule has 1 aromatic heterocycles. The highest BCUT2D eigenvalue weighted by Crippen LogP contribution is 2.28. The lowest BCUT2D eigenvalue weighted by Crippen LogP contribution is -2.32. The van der Waals surface area contributed by atoms with Gasteiger partial charge in [0.15, 0.2) is 5.13 Å². The van der Waals surface area contributed by atoms with E-state index in [0.717, 1.165) is 54.0 Å². The lowest BCUT2D eigenvalue weighted by molar-refractivity contribution is 0.102. The Balaban J connectivity index is 1.48. The summed E-state index contributed by atoms with van der Waals surface area (Å²) >= 11 is 1.33. The van der Waals surface area contributed by atoms with Crippen molar-refractivity contribution in [3.8, 4) is 0 Å². The molecule has 1 amide bonds. The summed E-state index contributed by atoms with van der Waals surface area (Å²) in [6, 6.07) is 8.88. The number of benzene rings is 2. The van der Waals surface area contributed by atoms with E-state index in [-0.39, 0.29) is 5.56 Å². The summed E-state index contributed by atoms with van der Waals surface area (Å²) < 4.78 is 28.0. The second-order valence-corrected chi connectivity index (χ2v) is 8.39. The molecule has 0 bridgehead atoms. The minimum absolute atomic E-state index is 0.334. The van der Waals surface area contributed by atoms with Gasteiger partial charge in [-0.25, -0.2) is 13.8 Å². The Morgan fingerprint density at radius 1 is 1.21 bits per heavy atom. The number of aromatic nitrogens is 1. The number of hydrogen-bond acceptors (Lipinski definition) is 4. The molecule has 28 heavy (non-hydrogen) atoms. The molecular formula is C21H21F2N3OS. The number of amides is 1. The Kier molecular flexibility index (Phi) is 5.37. The molecule has 146 valence electrons. The number of hydrogen-bond donors (Lipinski definition) is 1. The smallest absolute Gasteiger partial charge is 0.260 e. The van der Waals surface area contributed by atoms with Crippen molar-refractivity contribution in [3.63, 3.8) is 0 Å². The van der Waals surface area contributed by atoms with Gasteiger partial charge in [0.05, 0.1) is 15.8 Å². The fraction of sp³-hybridized carbons (Fsp3) is 0.333. The molecule has 0 atom stereocenters. The second-order valence-electron chi connectivity index (χ2n) is 7.36. The van der Waals surface area contributed by atoms with E-state index in [9.17, 15) is 13.6 Å². The lowest BCUT2D eigenvalue weighted by atomic mass is 9.99. The number of nitrogens with zero attached hydrogens (tertiary/aromatic N) is 2. The van der Waals surface area contributed by atoms with Crippen molar-refractivity contribution in [2.75, 3.05) is 18.4 Å². The number of carbonyl (C=O) groups is 1. The first-order valence-corrected chi connectivity index (χ1v) is 10.2. The van der Waals surface area contributed by atoms with Crippen LogP contribution in [0.5, 0.6) is 0 Å². The molecule has 1 aliphatic rings. The molecule has 4 rings (SSSR count). The van der Waals surface area contributed by atoms with Crippen LogP contribution >= 0.6 is 11.3 Å². The van der Waals surface area contributed by atoms with Gasteiger partial charge in [0.2, 0.25) is 0 Å². The van der Waals surface area contributed by atoms with Crippen molar-refractivity contribution in [3.05, 3.63) is 59.2 Å². The molecule has 1 aliphatic heterocycles. The maximum absolute atomic E-state index is 13.8. The number of rotatable bonds is 4. The van der Waals surface area contributed by atoms with E-state index >= 15 is 0 Å². The summed E-state index contributed by atoms with van der Waals surface area (Å²) in [5.41, 5.74) is 1.65. The summed E-state index contributed by atoms with van der Waals surface area (Å²) in [5, 5.41) is 2.94. The molecule has 0 aliphatic carbocycles. The Bertz CT molecular complexity index is 1010. The Labute approximate surface area is 166 Å². The monoisotopic (exact) mass is 401 g/mol. The number of halogens is 2. The molecule has 3 aromatic rings. The third-order valence-corrected chi connectivity index (χ3v) is 6.06. The van der Waals surface area contributed by atoms with Gasteiger partial charge in [-0.05, 0) is 67.7 Å². The highest BCUT2D eigenvalue weighted by molar-refractivity contribution is 7.22. The van der Waals surface area contributed by atoms with Gasteiger partial charge >= 0.3 is 0 Å². The zero-order valence-corrected chi connectivity index (χ0v) is 16.4. The Morgan fingerprint density at radius 2 is 2.00 bits per heavy atom. The van der Waals surface area contributed by atoms with Crippen LogP contribution in [0, 0.1) is 17.6 Å². The summed E-state index contributed by atoms with van der Waals surface area (Å²) in [6.45, 7) is 5.42. The van der Waals surface area contributed by atoms with Crippen LogP contribution in [-0.4, -0.2) is 28.9 Å². The molecule has 1 fully saturated rings. The molecule has 0 radical (unpaired) electrons. The molecule has 2 heterocycles. The van der Waals surface area contributed by atoms with Gasteiger partial charge in [0.25, 0.3) is 5.91 Å². The average molecular weight is 401 g/mol. The highest BCUT2D eigenvalue weighted by Gasteiger charge is 2.17. The largest absolute Gasteiger partial charge is 0.299 e. The fourth-order valence-electron chi connectivity index (χ4n) is 3.44. The van der Waals surface area contributed by atoms with Gasteiger partial charge in [0.1, 0.15) is 11.6 Å². The van der Waals surface area contributed by atoms with Gasteiger partial charge in [0, 0.05) is 6.54 Å². The van der Waals surface area contributed by atoms with Crippen LogP contribution in [0.3, 0.4) is 0 Å². The molecule has 0 spiro atoms. The van der Waals surface area contributed by atoms with Gasteiger partial charge < -0.3 is 0 Å². The van der Waals surface area contributed by atoms with Crippen LogP contribution in [0.1, 0.15) is 35.7 Å². The highest BCUT2D eigenvalue weighted by atomic mass is 32.1. The number of thiazole rings is 1. The van der Waals surface area contributed by atoms with Gasteiger partial charge in [-0.1, -0.05) is 24.3 Å². The zero-order valence-electron chi connectivity index (χ0n) is 15.5. The molecule has 4 nitrogen and oxygen atoms in total. The van der Waals surface area contributed by atoms with E-state index < -0.39 is 17.5 Å². The minimum atomic E-state index is -0.766. The molecule has 2 aromatic carbocycles. The van der Waals surface area contributed by atoms with Crippen LogP contribution < -0.4 is 5.32 Å². The van der Waals surface area contributed by atoms with Crippen molar-refractivity contribution in [1.29, 1.82) is 0 Å². The van der Waals surface area contributed by atoms with E-state index in [0.29, 0.717) is 5.13 Å². The minimum Gasteiger partial charge on any atom is -0.299 e. The maximum Gasteiger partial charge on any atom is 0.260 e. The SMILES string of the molecule is CC1CCN(Cc2ccc3nc(NC(=O)c4cc(F)ccc4F)sc3c2)CC1. The predicted octanol–water partition coefficient (Wildman–Crippen LogP) is 5.06. The van der Waals surface area contributed by atoms with Gasteiger partial charge in [-0.2, -0.15) is 0 Å². The van der Waals surface area contributed by atoms with E-state index in [1.165, 1.54) is 29.7 Å². The number of carbonyl (C=O) groups excluding carboxylic acids is 1. The summed E-state index contributed by atoms with van der Waals surface area (Å²) in [7, 11) is 0. The Morgan fingerprint density at radius 3 is 2.79 bits per heavy atom. The molecule has 7 heteroatoms. The first kappa shape index (κ1) is 19.0. The van der Waals surface area contributed by atoms with Crippen LogP contribution in [0.2, 0.25) is 0 Å². The number of anilines is 1. The second kappa shape index (κ2) is 7.93. The van der Waals surface area contributed by atoms with Crippen LogP contribution in [0.4, 0.5) is 13.9 Å². The normalized spacial score (nSPS) is 15.8. The molecule has 1 saturated heterocycles. The first-order chi connectivity index (χ1) is 13.5. The lowest BCUT2D eigenvalue weighted by Gasteiger charge is -2.30. The van der Waals surface area contributed by atoms with E-state index in [1.54, 1.807) is 0 Å². The van der Waals surface area contributed by atoms with Crippen molar-refractivity contribution in [2.45, 2.75) is 26.3 Å². The van der Waals surface area contributed by atoms with Crippen molar-refractivity contribution < 1.29 is 13.6 Å². The summed E-state index contributed by atoms with van der Waals surface area (Å²) in [4.78, 5) is 19.1. The fourth-order valence-corrected chi connectivity index (χ4v) is 4.36. The molecular weight excluding hydrogens is 380 g/mol. The molecule has 1 N–H and O–H groups in total. The average Bonchev–Trinajstić information content (AvgIpc) is 3.07. The van der Waals surface area contributed by atoms with E-state index in [2.05, 4.69) is 34.3 Å². The van der Waals surface area contributed by atoms with Crippen LogP contribution in [0.15, 0.2) is 36.4 Å². The van der Waals surface area contributed by atoms with Crippen LogP contribution in [-0.2, 0) is 6.54 Å². The van der Waals surface area contributed by atoms with Gasteiger partial charge in [-0.15, -0.1) is 0 Å². The summed E-state index contributed by atoms with van der Waals surface area (Å²) in [6.07, 6.45) is 2.46. The standard InChI is InChI=1S/C21H21F2N3OS/c1-13-6-8-26(9-7-13)12-14-2-5-18-19(10-14)28-21(24-18)25-20(27)16-11-15(22)3-4-17(16)23/h2-5,10-11,13H,6-9,12H2,1H3,(H,24,25,27). The van der Waals surface area contributed by atoms with Crippen molar-refractivity contribution in [2.24, 2.45) is 5.92 Å². The van der Waals surface area contributed by atoms with E-state index in [4.69, 9.17) is 0 Å². The van der Waals surface area contributed by atoms with Crippen LogP contribution in [0.25, 0.3) is 10.2 Å². The first-order valence-electron chi connectivity index (χ1n) is 9.36.